The van der Waals surface area contributed by atoms with Gasteiger partial charge >= 0.3 is 5.97 Å². The number of nitrogen functional groups attached to an aromatic ring is 1. The summed E-state index contributed by atoms with van der Waals surface area (Å²) < 4.78 is 21.4. The topological polar surface area (TPSA) is 83.2 Å². The molecule has 7 nitrogen and oxygen atoms in total. The molecule has 0 aliphatic rings. The second-order valence-electron chi connectivity index (χ2n) is 5.62. The summed E-state index contributed by atoms with van der Waals surface area (Å²) in [5.41, 5.74) is 6.66. The summed E-state index contributed by atoms with van der Waals surface area (Å²) >= 11 is 0. The molecule has 0 atom stereocenters. The maximum absolute atomic E-state index is 11.7. The van der Waals surface area contributed by atoms with Crippen LogP contribution in [0.4, 0.5) is 5.69 Å². The zero-order valence-electron chi connectivity index (χ0n) is 15.9. The van der Waals surface area contributed by atoms with Crippen molar-refractivity contribution in [1.29, 1.82) is 0 Å². The number of carbonyl (C=O) groups is 1. The summed E-state index contributed by atoms with van der Waals surface area (Å²) in [6.07, 6.45) is 0. The quantitative estimate of drug-likeness (QED) is 0.287. The lowest BCUT2D eigenvalue weighted by Gasteiger charge is -2.17. The zero-order chi connectivity index (χ0) is 19.0. The van der Waals surface area contributed by atoms with Crippen LogP contribution in [0.3, 0.4) is 0 Å². The first kappa shape index (κ1) is 22.4. The number of hydrogen-bond donors (Lipinski definition) is 1. The number of esters is 1. The lowest BCUT2D eigenvalue weighted by Crippen LogP contribution is -2.27. The molecule has 2 N–H and O–H groups in total. The van der Waals surface area contributed by atoms with Crippen molar-refractivity contribution >= 4 is 11.7 Å². The van der Waals surface area contributed by atoms with Crippen molar-refractivity contribution in [2.45, 2.75) is 13.8 Å². The van der Waals surface area contributed by atoms with Crippen LogP contribution in [0, 0.1) is 0 Å². The van der Waals surface area contributed by atoms with Gasteiger partial charge in [0, 0.05) is 12.2 Å². The molecule has 26 heavy (non-hydrogen) atoms. The maximum atomic E-state index is 11.7. The Balaban J connectivity index is 1.87. The average Bonchev–Trinajstić information content (AvgIpc) is 2.66. The Morgan fingerprint density at radius 3 is 1.88 bits per heavy atom. The summed E-state index contributed by atoms with van der Waals surface area (Å²) in [5, 5.41) is 0. The third-order valence-corrected chi connectivity index (χ3v) is 3.80. The molecule has 0 bridgehead atoms. The number of hydrogen-bond acceptors (Lipinski definition) is 7. The molecule has 7 heteroatoms. The fourth-order valence-electron chi connectivity index (χ4n) is 2.17. The predicted octanol–water partition coefficient (Wildman–Crippen LogP) is 1.82. The second-order valence-corrected chi connectivity index (χ2v) is 5.62. The van der Waals surface area contributed by atoms with E-state index in [1.54, 1.807) is 24.3 Å². The third kappa shape index (κ3) is 10.4. The minimum atomic E-state index is -0.383. The van der Waals surface area contributed by atoms with Crippen LogP contribution in [-0.2, 0) is 18.9 Å². The van der Waals surface area contributed by atoms with E-state index in [1.165, 1.54) is 0 Å². The summed E-state index contributed by atoms with van der Waals surface area (Å²) in [4.78, 5) is 14.1. The molecular formula is C19H32N2O5. The van der Waals surface area contributed by atoms with Crippen molar-refractivity contribution in [3.05, 3.63) is 29.8 Å². The van der Waals surface area contributed by atoms with Gasteiger partial charge in [-0.25, -0.2) is 4.79 Å². The van der Waals surface area contributed by atoms with Crippen molar-refractivity contribution in [3.63, 3.8) is 0 Å². The van der Waals surface area contributed by atoms with E-state index in [0.29, 0.717) is 44.3 Å². The molecule has 0 amide bonds. The van der Waals surface area contributed by atoms with Crippen molar-refractivity contribution in [1.82, 2.24) is 4.90 Å². The van der Waals surface area contributed by atoms with Crippen molar-refractivity contribution in [3.8, 4) is 0 Å². The molecule has 148 valence electrons. The Morgan fingerprint density at radius 2 is 1.35 bits per heavy atom. The first-order valence-electron chi connectivity index (χ1n) is 9.15. The van der Waals surface area contributed by atoms with Crippen molar-refractivity contribution in [2.24, 2.45) is 0 Å². The van der Waals surface area contributed by atoms with Crippen LogP contribution >= 0.6 is 0 Å². The number of nitrogens with zero attached hydrogens (tertiary/aromatic N) is 1. The largest absolute Gasteiger partial charge is 0.460 e. The molecule has 0 aliphatic heterocycles. The van der Waals surface area contributed by atoms with Gasteiger partial charge in [-0.2, -0.15) is 0 Å². The molecule has 0 saturated carbocycles. The van der Waals surface area contributed by atoms with E-state index in [9.17, 15) is 4.79 Å². The minimum Gasteiger partial charge on any atom is -0.460 e. The van der Waals surface area contributed by atoms with E-state index in [-0.39, 0.29) is 12.6 Å². The number of ether oxygens (including phenoxy) is 4. The van der Waals surface area contributed by atoms with E-state index in [0.717, 1.165) is 26.2 Å². The summed E-state index contributed by atoms with van der Waals surface area (Å²) in [6, 6.07) is 6.60. The minimum absolute atomic E-state index is 0.206. The first-order chi connectivity index (χ1) is 12.7. The highest BCUT2D eigenvalue weighted by Crippen LogP contribution is 2.06. The van der Waals surface area contributed by atoms with Crippen LogP contribution in [0.5, 0.6) is 0 Å². The van der Waals surface area contributed by atoms with Gasteiger partial charge in [0.25, 0.3) is 0 Å². The Hall–Kier alpha value is -1.67. The van der Waals surface area contributed by atoms with Gasteiger partial charge in [0.2, 0.25) is 0 Å². The van der Waals surface area contributed by atoms with Crippen LogP contribution in [0.2, 0.25) is 0 Å². The highest BCUT2D eigenvalue weighted by atomic mass is 16.6. The summed E-state index contributed by atoms with van der Waals surface area (Å²) in [6.45, 7) is 10.7. The average molecular weight is 368 g/mol. The van der Waals surface area contributed by atoms with E-state index in [2.05, 4.69) is 18.7 Å². The molecule has 0 radical (unpaired) electrons. The molecule has 0 aromatic heterocycles. The first-order valence-corrected chi connectivity index (χ1v) is 9.15. The second kappa shape index (κ2) is 14.5. The van der Waals surface area contributed by atoms with Gasteiger partial charge in [-0.15, -0.1) is 0 Å². The smallest absolute Gasteiger partial charge is 0.338 e. The van der Waals surface area contributed by atoms with E-state index >= 15 is 0 Å². The lowest BCUT2D eigenvalue weighted by molar-refractivity contribution is -0.00131. The monoisotopic (exact) mass is 368 g/mol. The Morgan fingerprint density at radius 1 is 0.846 bits per heavy atom. The normalized spacial score (nSPS) is 11.0. The standard InChI is InChI=1S/C19H32N2O5/c1-3-21(4-2)9-10-23-11-12-24-13-14-25-15-16-26-19(22)17-5-7-18(20)8-6-17/h5-8H,3-4,9-16,20H2,1-2H3. The predicted molar refractivity (Wildman–Crippen MR) is 101 cm³/mol. The van der Waals surface area contributed by atoms with Crippen LogP contribution in [0.25, 0.3) is 0 Å². The number of likely N-dealkylation sites (N-methyl/N-ethyl adjacent to an activating group) is 1. The molecule has 0 saturated heterocycles. The molecule has 1 rings (SSSR count). The number of carbonyl (C=O) groups excluding carboxylic acids is 1. The van der Waals surface area contributed by atoms with Gasteiger partial charge in [-0.05, 0) is 37.4 Å². The van der Waals surface area contributed by atoms with E-state index in [4.69, 9.17) is 24.7 Å². The van der Waals surface area contributed by atoms with Crippen LogP contribution < -0.4 is 5.73 Å². The van der Waals surface area contributed by atoms with Gasteiger partial charge in [0.1, 0.15) is 6.61 Å². The molecule has 0 unspecified atom stereocenters. The Kier molecular flexibility index (Phi) is 12.5. The molecule has 0 heterocycles. The van der Waals surface area contributed by atoms with Crippen molar-refractivity contribution in [2.75, 3.05) is 71.6 Å². The zero-order valence-corrected chi connectivity index (χ0v) is 15.9. The van der Waals surface area contributed by atoms with E-state index < -0.39 is 0 Å². The lowest BCUT2D eigenvalue weighted by atomic mass is 10.2. The van der Waals surface area contributed by atoms with Crippen LogP contribution in [0.15, 0.2) is 24.3 Å². The molecule has 1 aromatic carbocycles. The highest BCUT2D eigenvalue weighted by Gasteiger charge is 2.06. The van der Waals surface area contributed by atoms with Crippen molar-refractivity contribution < 1.29 is 23.7 Å². The summed E-state index contributed by atoms with van der Waals surface area (Å²) in [7, 11) is 0. The van der Waals surface area contributed by atoms with Gasteiger partial charge in [0.05, 0.1) is 45.2 Å². The third-order valence-electron chi connectivity index (χ3n) is 3.80. The molecule has 0 fully saturated rings. The fraction of sp³-hybridized carbons (Fsp3) is 0.632. The maximum Gasteiger partial charge on any atom is 0.338 e. The number of benzene rings is 1. The van der Waals surface area contributed by atoms with Gasteiger partial charge in [-0.3, -0.25) is 0 Å². The van der Waals surface area contributed by atoms with Gasteiger partial charge < -0.3 is 29.6 Å². The summed E-state index contributed by atoms with van der Waals surface area (Å²) in [5.74, 6) is -0.383. The van der Waals surface area contributed by atoms with Gasteiger partial charge in [-0.1, -0.05) is 13.8 Å². The Labute approximate surface area is 156 Å². The fourth-order valence-corrected chi connectivity index (χ4v) is 2.17. The van der Waals surface area contributed by atoms with Gasteiger partial charge in [0.15, 0.2) is 0 Å². The molecule has 1 aromatic rings. The number of anilines is 1. The Bertz CT molecular complexity index is 477. The number of nitrogens with two attached hydrogens (primary N) is 1. The molecular weight excluding hydrogens is 336 g/mol. The van der Waals surface area contributed by atoms with Crippen LogP contribution in [0.1, 0.15) is 24.2 Å². The van der Waals surface area contributed by atoms with E-state index in [1.807, 2.05) is 0 Å². The molecule has 0 aliphatic carbocycles. The SMILES string of the molecule is CCN(CC)CCOCCOCCOCCOC(=O)c1ccc(N)cc1. The highest BCUT2D eigenvalue weighted by molar-refractivity contribution is 5.89. The van der Waals surface area contributed by atoms with Crippen LogP contribution in [-0.4, -0.2) is 76.8 Å². The number of rotatable bonds is 15. The molecule has 0 spiro atoms.